The average Bonchev–Trinajstić information content (AvgIpc) is 2.35. The largest absolute Gasteiger partial charge is 0.309 e. The lowest BCUT2D eigenvalue weighted by Gasteiger charge is -2.19. The molecule has 1 heterocycles. The molecule has 0 aliphatic heterocycles. The fourth-order valence-corrected chi connectivity index (χ4v) is 3.47. The van der Waals surface area contributed by atoms with Gasteiger partial charge in [-0.1, -0.05) is 50.0 Å². The van der Waals surface area contributed by atoms with Crippen LogP contribution < -0.4 is 5.56 Å². The Morgan fingerprint density at radius 3 is 2.52 bits per heavy atom. The Bertz CT molecular complexity index is 735. The Kier molecular flexibility index (Phi) is 5.00. The van der Waals surface area contributed by atoms with Crippen LogP contribution in [0, 0.1) is 3.57 Å². The highest BCUT2D eigenvalue weighted by molar-refractivity contribution is 14.1. The van der Waals surface area contributed by atoms with E-state index in [4.69, 9.17) is 23.2 Å². The first-order chi connectivity index (χ1) is 9.68. The third-order valence-electron chi connectivity index (χ3n) is 3.00. The van der Waals surface area contributed by atoms with E-state index in [2.05, 4.69) is 9.97 Å². The zero-order valence-corrected chi connectivity index (χ0v) is 15.6. The first-order valence-corrected chi connectivity index (χ1v) is 8.25. The number of rotatable bonds is 2. The predicted molar refractivity (Wildman–Crippen MR) is 95.5 cm³/mol. The highest BCUT2D eigenvalue weighted by atomic mass is 127. The molecular formula is C15H15Cl2IN2O. The molecule has 0 atom stereocenters. The summed E-state index contributed by atoms with van der Waals surface area (Å²) in [7, 11) is 0. The summed E-state index contributed by atoms with van der Waals surface area (Å²) in [6.45, 7) is 6.11. The lowest BCUT2D eigenvalue weighted by molar-refractivity contribution is 0.556. The molecule has 112 valence electrons. The molecule has 0 radical (unpaired) electrons. The Hall–Kier alpha value is -0.590. The van der Waals surface area contributed by atoms with E-state index in [9.17, 15) is 4.79 Å². The van der Waals surface area contributed by atoms with Crippen LogP contribution in [0.5, 0.6) is 0 Å². The number of nitrogens with zero attached hydrogens (tertiary/aromatic N) is 1. The molecule has 2 aromatic rings. The van der Waals surface area contributed by atoms with Gasteiger partial charge in [-0.3, -0.25) is 4.79 Å². The van der Waals surface area contributed by atoms with Gasteiger partial charge in [0, 0.05) is 21.9 Å². The number of benzene rings is 1. The van der Waals surface area contributed by atoms with Gasteiger partial charge in [-0.05, 0) is 40.3 Å². The molecule has 1 aromatic heterocycles. The van der Waals surface area contributed by atoms with Gasteiger partial charge in [0.2, 0.25) is 0 Å². The van der Waals surface area contributed by atoms with Gasteiger partial charge < -0.3 is 4.98 Å². The number of aromatic nitrogens is 2. The van der Waals surface area contributed by atoms with Crippen LogP contribution in [0.2, 0.25) is 10.0 Å². The highest BCUT2D eigenvalue weighted by Crippen LogP contribution is 2.25. The van der Waals surface area contributed by atoms with Crippen molar-refractivity contribution in [1.29, 1.82) is 0 Å². The van der Waals surface area contributed by atoms with Crippen molar-refractivity contribution in [3.8, 4) is 0 Å². The van der Waals surface area contributed by atoms with Crippen LogP contribution in [0.15, 0.2) is 23.0 Å². The molecule has 0 spiro atoms. The number of halogens is 3. The highest BCUT2D eigenvalue weighted by Gasteiger charge is 2.22. The quantitative estimate of drug-likeness (QED) is 0.701. The van der Waals surface area contributed by atoms with Crippen LogP contribution in [-0.2, 0) is 11.8 Å². The normalized spacial score (nSPS) is 11.7. The molecule has 0 bridgehead atoms. The van der Waals surface area contributed by atoms with Gasteiger partial charge in [0.25, 0.3) is 5.56 Å². The topological polar surface area (TPSA) is 45.8 Å². The van der Waals surface area contributed by atoms with Gasteiger partial charge in [0.1, 0.15) is 9.39 Å². The first-order valence-electron chi connectivity index (χ1n) is 6.41. The number of hydrogen-bond acceptors (Lipinski definition) is 2. The van der Waals surface area contributed by atoms with E-state index in [0.29, 0.717) is 25.9 Å². The molecule has 0 amide bonds. The first kappa shape index (κ1) is 16.8. The molecule has 0 aliphatic carbocycles. The van der Waals surface area contributed by atoms with Crippen LogP contribution in [-0.4, -0.2) is 9.97 Å². The third-order valence-corrected chi connectivity index (χ3v) is 4.58. The maximum Gasteiger partial charge on any atom is 0.264 e. The predicted octanol–water partition coefficient (Wildman–Crippen LogP) is 4.57. The number of H-pyrrole nitrogens is 1. The summed E-state index contributed by atoms with van der Waals surface area (Å²) >= 11 is 14.1. The second-order valence-electron chi connectivity index (χ2n) is 5.84. The van der Waals surface area contributed by atoms with Crippen LogP contribution in [0.4, 0.5) is 0 Å². The van der Waals surface area contributed by atoms with Crippen molar-refractivity contribution in [3.05, 3.63) is 59.3 Å². The van der Waals surface area contributed by atoms with Gasteiger partial charge in [0.05, 0.1) is 5.69 Å². The van der Waals surface area contributed by atoms with Gasteiger partial charge >= 0.3 is 0 Å². The Labute approximate surface area is 147 Å². The Balaban J connectivity index is 2.46. The monoisotopic (exact) mass is 436 g/mol. The molecule has 0 aliphatic rings. The van der Waals surface area contributed by atoms with Crippen LogP contribution in [0.1, 0.15) is 37.9 Å². The van der Waals surface area contributed by atoms with Gasteiger partial charge in [0.15, 0.2) is 0 Å². The van der Waals surface area contributed by atoms with Gasteiger partial charge in [-0.2, -0.15) is 0 Å². The fraction of sp³-hybridized carbons (Fsp3) is 0.333. The van der Waals surface area contributed by atoms with E-state index in [1.807, 2.05) is 49.4 Å². The van der Waals surface area contributed by atoms with Crippen molar-refractivity contribution in [2.45, 2.75) is 32.6 Å². The summed E-state index contributed by atoms with van der Waals surface area (Å²) in [5.74, 6) is 0.606. The van der Waals surface area contributed by atoms with E-state index in [1.165, 1.54) is 0 Å². The minimum atomic E-state index is -0.191. The molecule has 21 heavy (non-hydrogen) atoms. The number of aromatic amines is 1. The summed E-state index contributed by atoms with van der Waals surface area (Å²) in [5.41, 5.74) is 1.37. The summed E-state index contributed by atoms with van der Waals surface area (Å²) in [6.07, 6.45) is 0.464. The minimum absolute atomic E-state index is 0.115. The summed E-state index contributed by atoms with van der Waals surface area (Å²) < 4.78 is 0.631. The molecule has 6 heteroatoms. The third kappa shape index (κ3) is 3.99. The zero-order chi connectivity index (χ0) is 15.8. The van der Waals surface area contributed by atoms with E-state index in [-0.39, 0.29) is 11.0 Å². The second kappa shape index (κ2) is 6.26. The molecule has 2 rings (SSSR count). The summed E-state index contributed by atoms with van der Waals surface area (Å²) in [4.78, 5) is 19.5. The molecule has 1 N–H and O–H groups in total. The second-order valence-corrected chi connectivity index (χ2v) is 7.76. The Morgan fingerprint density at radius 1 is 1.29 bits per heavy atom. The average molecular weight is 437 g/mol. The van der Waals surface area contributed by atoms with Crippen molar-refractivity contribution in [1.82, 2.24) is 9.97 Å². The van der Waals surface area contributed by atoms with Crippen molar-refractivity contribution < 1.29 is 0 Å². The molecule has 1 aromatic carbocycles. The van der Waals surface area contributed by atoms with E-state index < -0.39 is 0 Å². The maximum absolute atomic E-state index is 12.1. The van der Waals surface area contributed by atoms with Gasteiger partial charge in [-0.25, -0.2) is 4.98 Å². The molecular weight excluding hydrogens is 422 g/mol. The SMILES string of the molecule is CC(C)(C)c1nc(Cc2ccc(Cl)cc2Cl)[nH]c(=O)c1I. The summed E-state index contributed by atoms with van der Waals surface area (Å²) in [6, 6.07) is 5.31. The molecule has 0 saturated carbocycles. The Morgan fingerprint density at radius 2 is 1.95 bits per heavy atom. The molecule has 3 nitrogen and oxygen atoms in total. The molecule has 0 saturated heterocycles. The van der Waals surface area contributed by atoms with E-state index in [1.54, 1.807) is 12.1 Å². The van der Waals surface area contributed by atoms with Crippen LogP contribution in [0.3, 0.4) is 0 Å². The van der Waals surface area contributed by atoms with Crippen molar-refractivity contribution >= 4 is 45.8 Å². The lowest BCUT2D eigenvalue weighted by Crippen LogP contribution is -2.25. The van der Waals surface area contributed by atoms with Crippen molar-refractivity contribution in [2.24, 2.45) is 0 Å². The van der Waals surface area contributed by atoms with E-state index in [0.717, 1.165) is 11.3 Å². The molecule has 0 fully saturated rings. The van der Waals surface area contributed by atoms with Crippen LogP contribution >= 0.6 is 45.8 Å². The van der Waals surface area contributed by atoms with E-state index >= 15 is 0 Å². The standard InChI is InChI=1S/C15H15Cl2IN2O/c1-15(2,3)13-12(18)14(21)20-11(19-13)6-8-4-5-9(16)7-10(8)17/h4-5,7H,6H2,1-3H3,(H,19,20,21). The smallest absolute Gasteiger partial charge is 0.264 e. The molecule has 0 unspecified atom stereocenters. The zero-order valence-electron chi connectivity index (χ0n) is 11.9. The van der Waals surface area contributed by atoms with Crippen molar-refractivity contribution in [3.63, 3.8) is 0 Å². The lowest BCUT2D eigenvalue weighted by atomic mass is 9.92. The summed E-state index contributed by atoms with van der Waals surface area (Å²) in [5, 5.41) is 1.16. The number of nitrogens with one attached hydrogen (secondary N) is 1. The fourth-order valence-electron chi connectivity index (χ4n) is 1.93. The van der Waals surface area contributed by atoms with Crippen LogP contribution in [0.25, 0.3) is 0 Å². The minimum Gasteiger partial charge on any atom is -0.309 e. The maximum atomic E-state index is 12.1. The van der Waals surface area contributed by atoms with Gasteiger partial charge in [-0.15, -0.1) is 0 Å². The number of hydrogen-bond donors (Lipinski definition) is 1. The van der Waals surface area contributed by atoms with Crippen molar-refractivity contribution in [2.75, 3.05) is 0 Å².